The summed E-state index contributed by atoms with van der Waals surface area (Å²) in [5.41, 5.74) is 5.53. The van der Waals surface area contributed by atoms with Crippen LogP contribution in [-0.4, -0.2) is 38.3 Å². The molecular weight excluding hydrogens is 296 g/mol. The number of nitrogens with zero attached hydrogens (tertiary/aromatic N) is 5. The molecule has 0 aromatic carbocycles. The van der Waals surface area contributed by atoms with Gasteiger partial charge in [-0.2, -0.15) is 4.98 Å². The quantitative estimate of drug-likeness (QED) is 0.835. The number of nitrogen functional groups attached to an aromatic ring is 1. The minimum absolute atomic E-state index is 0.478. The van der Waals surface area contributed by atoms with Gasteiger partial charge in [0.05, 0.1) is 12.3 Å². The molecule has 0 aliphatic carbocycles. The number of aromatic nitrogens is 4. The van der Waals surface area contributed by atoms with Gasteiger partial charge in [0.1, 0.15) is 0 Å². The first kappa shape index (κ1) is 13.8. The van der Waals surface area contributed by atoms with Crippen molar-refractivity contribution < 1.29 is 4.52 Å². The van der Waals surface area contributed by atoms with E-state index in [2.05, 4.69) is 25.2 Å². The first-order valence-electron chi connectivity index (χ1n) is 6.55. The molecule has 0 bridgehead atoms. The number of hydrogen-bond acceptors (Lipinski definition) is 9. The highest BCUT2D eigenvalue weighted by molar-refractivity contribution is 8.00. The fourth-order valence-corrected chi connectivity index (χ4v) is 3.61. The number of nitrogens with two attached hydrogens (primary N) is 1. The van der Waals surface area contributed by atoms with Crippen LogP contribution in [0.3, 0.4) is 0 Å². The third-order valence-corrected chi connectivity index (χ3v) is 4.95. The van der Waals surface area contributed by atoms with Crippen LogP contribution in [0.5, 0.6) is 0 Å². The highest BCUT2D eigenvalue weighted by atomic mass is 32.2. The molecule has 0 saturated carbocycles. The van der Waals surface area contributed by atoms with Crippen LogP contribution in [0.2, 0.25) is 0 Å². The van der Waals surface area contributed by atoms with Crippen molar-refractivity contribution in [2.75, 3.05) is 18.8 Å². The van der Waals surface area contributed by atoms with Crippen LogP contribution in [0.25, 0.3) is 0 Å². The number of hydrogen-bond donors (Lipinski definition) is 1. The summed E-state index contributed by atoms with van der Waals surface area (Å²) < 4.78 is 6.11. The van der Waals surface area contributed by atoms with Gasteiger partial charge in [0.15, 0.2) is 10.2 Å². The molecular formula is C11H16N6OS2. The summed E-state index contributed by atoms with van der Waals surface area (Å²) in [6, 6.07) is 0. The van der Waals surface area contributed by atoms with Gasteiger partial charge in [-0.1, -0.05) is 34.7 Å². The Balaban J connectivity index is 1.51. The smallest absolute Gasteiger partial charge is 0.240 e. The van der Waals surface area contributed by atoms with Crippen LogP contribution in [0.1, 0.15) is 31.0 Å². The highest BCUT2D eigenvalue weighted by Gasteiger charge is 2.15. The monoisotopic (exact) mass is 312 g/mol. The zero-order valence-corrected chi connectivity index (χ0v) is 12.6. The molecule has 2 N–H and O–H groups in total. The second-order valence-corrected chi connectivity index (χ2v) is 6.87. The lowest BCUT2D eigenvalue weighted by Gasteiger charge is -2.24. The third kappa shape index (κ3) is 3.68. The topological polar surface area (TPSA) is 94.0 Å². The van der Waals surface area contributed by atoms with Gasteiger partial charge < -0.3 is 10.3 Å². The van der Waals surface area contributed by atoms with E-state index in [0.717, 1.165) is 24.0 Å². The zero-order chi connectivity index (χ0) is 13.8. The van der Waals surface area contributed by atoms with E-state index in [1.807, 2.05) is 0 Å². The Hall–Kier alpha value is -1.19. The number of piperidine rings is 1. The summed E-state index contributed by atoms with van der Waals surface area (Å²) >= 11 is 2.89. The number of anilines is 1. The van der Waals surface area contributed by atoms with Crippen molar-refractivity contribution in [1.29, 1.82) is 0 Å². The normalized spacial score (nSPS) is 16.6. The maximum absolute atomic E-state index is 5.53. The van der Waals surface area contributed by atoms with E-state index in [1.165, 1.54) is 42.4 Å². The van der Waals surface area contributed by atoms with Crippen LogP contribution >= 0.6 is 23.1 Å². The van der Waals surface area contributed by atoms with Crippen molar-refractivity contribution in [3.63, 3.8) is 0 Å². The molecule has 20 heavy (non-hydrogen) atoms. The second-order valence-electron chi connectivity index (χ2n) is 4.64. The van der Waals surface area contributed by atoms with Crippen molar-refractivity contribution in [1.82, 2.24) is 25.2 Å². The Bertz CT molecular complexity index is 551. The van der Waals surface area contributed by atoms with E-state index in [1.54, 1.807) is 0 Å². The van der Waals surface area contributed by atoms with Crippen LogP contribution in [0, 0.1) is 0 Å². The van der Waals surface area contributed by atoms with Gasteiger partial charge in [-0.3, -0.25) is 4.90 Å². The predicted molar refractivity (Wildman–Crippen MR) is 77.3 cm³/mol. The van der Waals surface area contributed by atoms with Crippen molar-refractivity contribution in [3.8, 4) is 0 Å². The summed E-state index contributed by atoms with van der Waals surface area (Å²) in [7, 11) is 0. The summed E-state index contributed by atoms with van der Waals surface area (Å²) in [5, 5.41) is 12.2. The standard InChI is InChI=1S/C11H16N6OS2/c12-10-14-15-11(20-10)19-7-8-13-9(18-16-8)6-17-4-2-1-3-5-17/h1-7H2,(H2,12,14). The molecule has 1 saturated heterocycles. The summed E-state index contributed by atoms with van der Waals surface area (Å²) in [6.07, 6.45) is 3.85. The second kappa shape index (κ2) is 6.51. The molecule has 0 spiro atoms. The Morgan fingerprint density at radius 1 is 1.25 bits per heavy atom. The SMILES string of the molecule is Nc1nnc(SCc2noc(CN3CCCCC3)n2)s1. The van der Waals surface area contributed by atoms with E-state index >= 15 is 0 Å². The molecule has 0 amide bonds. The van der Waals surface area contributed by atoms with Gasteiger partial charge >= 0.3 is 0 Å². The molecule has 108 valence electrons. The molecule has 0 radical (unpaired) electrons. The van der Waals surface area contributed by atoms with Crippen molar-refractivity contribution in [3.05, 3.63) is 11.7 Å². The van der Waals surface area contributed by atoms with Crippen LogP contribution in [-0.2, 0) is 12.3 Å². The van der Waals surface area contributed by atoms with E-state index in [0.29, 0.717) is 22.6 Å². The van der Waals surface area contributed by atoms with Gasteiger partial charge in [0.25, 0.3) is 0 Å². The van der Waals surface area contributed by atoms with Crippen molar-refractivity contribution in [2.45, 2.75) is 35.9 Å². The fraction of sp³-hybridized carbons (Fsp3) is 0.636. The molecule has 9 heteroatoms. The first-order valence-corrected chi connectivity index (χ1v) is 8.35. The maximum Gasteiger partial charge on any atom is 0.240 e. The Morgan fingerprint density at radius 3 is 2.85 bits per heavy atom. The molecule has 3 rings (SSSR count). The molecule has 7 nitrogen and oxygen atoms in total. The summed E-state index contributed by atoms with van der Waals surface area (Å²) in [4.78, 5) is 6.77. The lowest BCUT2D eigenvalue weighted by molar-refractivity contribution is 0.193. The molecule has 0 atom stereocenters. The zero-order valence-electron chi connectivity index (χ0n) is 11.0. The van der Waals surface area contributed by atoms with Gasteiger partial charge in [-0.15, -0.1) is 10.2 Å². The molecule has 1 fully saturated rings. The van der Waals surface area contributed by atoms with Crippen LogP contribution < -0.4 is 5.73 Å². The number of likely N-dealkylation sites (tertiary alicyclic amines) is 1. The molecule has 2 aromatic rings. The maximum atomic E-state index is 5.53. The van der Waals surface area contributed by atoms with Crippen LogP contribution in [0.15, 0.2) is 8.86 Å². The van der Waals surface area contributed by atoms with Gasteiger partial charge in [0, 0.05) is 0 Å². The van der Waals surface area contributed by atoms with E-state index < -0.39 is 0 Å². The fourth-order valence-electron chi connectivity index (χ4n) is 2.13. The highest BCUT2D eigenvalue weighted by Crippen LogP contribution is 2.26. The average molecular weight is 312 g/mol. The minimum Gasteiger partial charge on any atom is -0.374 e. The van der Waals surface area contributed by atoms with E-state index in [4.69, 9.17) is 10.3 Å². The largest absolute Gasteiger partial charge is 0.374 e. The van der Waals surface area contributed by atoms with Crippen LogP contribution in [0.4, 0.5) is 5.13 Å². The van der Waals surface area contributed by atoms with Gasteiger partial charge in [-0.25, -0.2) is 0 Å². The van der Waals surface area contributed by atoms with Gasteiger partial charge in [-0.05, 0) is 25.9 Å². The lowest BCUT2D eigenvalue weighted by atomic mass is 10.1. The number of rotatable bonds is 5. The van der Waals surface area contributed by atoms with Gasteiger partial charge in [0.2, 0.25) is 11.0 Å². The molecule has 1 aliphatic rings. The van der Waals surface area contributed by atoms with E-state index in [-0.39, 0.29) is 0 Å². The summed E-state index contributed by atoms with van der Waals surface area (Å²) in [6.45, 7) is 3.00. The molecule has 1 aliphatic heterocycles. The average Bonchev–Trinajstić information content (AvgIpc) is 3.07. The Labute approximate surface area is 124 Å². The lowest BCUT2D eigenvalue weighted by Crippen LogP contribution is -2.29. The predicted octanol–water partition coefficient (Wildman–Crippen LogP) is 1.78. The van der Waals surface area contributed by atoms with Crippen molar-refractivity contribution in [2.24, 2.45) is 0 Å². The Morgan fingerprint density at radius 2 is 2.10 bits per heavy atom. The minimum atomic E-state index is 0.478. The molecule has 0 unspecified atom stereocenters. The molecule has 3 heterocycles. The molecule has 2 aromatic heterocycles. The Kier molecular flexibility index (Phi) is 4.48. The first-order chi connectivity index (χ1) is 9.79. The summed E-state index contributed by atoms with van der Waals surface area (Å²) in [5.74, 6) is 2.01. The third-order valence-electron chi connectivity index (χ3n) is 3.06. The number of thioether (sulfide) groups is 1. The van der Waals surface area contributed by atoms with E-state index in [9.17, 15) is 0 Å². The van der Waals surface area contributed by atoms with Crippen molar-refractivity contribution >= 4 is 28.2 Å².